The highest BCUT2D eigenvalue weighted by atomic mass is 16.6. The lowest BCUT2D eigenvalue weighted by Gasteiger charge is -2.39. The van der Waals surface area contributed by atoms with Gasteiger partial charge in [-0.05, 0) is 166 Å². The third-order valence-corrected chi connectivity index (χ3v) is 18.1. The Kier molecular flexibility index (Phi) is 19.7. The number of hydrogen-bond acceptors (Lipinski definition) is 16. The lowest BCUT2D eigenvalue weighted by molar-refractivity contribution is -0.189. The van der Waals surface area contributed by atoms with E-state index in [4.69, 9.17) is 23.9 Å². The molecule has 2 saturated heterocycles. The lowest BCUT2D eigenvalue weighted by Crippen LogP contribution is -2.48. The van der Waals surface area contributed by atoms with E-state index in [1.807, 2.05) is 121 Å². The fraction of sp³-hybridized carbons (Fsp3) is 0.403. The molecule has 4 aliphatic heterocycles. The number of cyclic esters (lactones) is 1. The van der Waals surface area contributed by atoms with E-state index in [0.717, 1.165) is 101 Å². The van der Waals surface area contributed by atoms with Crippen LogP contribution in [0.4, 0.5) is 4.79 Å². The minimum Gasteiger partial charge on any atom is -0.494 e. The number of pyridine rings is 6. The molecule has 2 fully saturated rings. The van der Waals surface area contributed by atoms with E-state index in [2.05, 4.69) is 59.8 Å². The van der Waals surface area contributed by atoms with E-state index in [9.17, 15) is 19.2 Å². The molecule has 10 heterocycles. The highest BCUT2D eigenvalue weighted by molar-refractivity contribution is 5.91. The van der Waals surface area contributed by atoms with Gasteiger partial charge in [0.25, 0.3) is 5.56 Å². The van der Waals surface area contributed by atoms with Crippen LogP contribution in [0.2, 0.25) is 0 Å². The number of ether oxygens (including phenoxy) is 4. The van der Waals surface area contributed by atoms with E-state index in [1.165, 1.54) is 19.3 Å². The minimum absolute atomic E-state index is 0.0723. The predicted molar refractivity (Wildman–Crippen MR) is 342 cm³/mol. The number of hydrogen-bond donors (Lipinski definition) is 0. The summed E-state index contributed by atoms with van der Waals surface area (Å²) in [6.45, 7) is 11.7. The van der Waals surface area contributed by atoms with Crippen molar-refractivity contribution in [3.8, 4) is 22.9 Å². The number of nitrogens with zero attached hydrogens (tertiary/aromatic N) is 10. The van der Waals surface area contributed by atoms with Gasteiger partial charge in [-0.2, -0.15) is 0 Å². The molecule has 0 aliphatic carbocycles. The molecule has 0 radical (unpaired) electrons. The van der Waals surface area contributed by atoms with Crippen LogP contribution in [0.1, 0.15) is 141 Å². The zero-order chi connectivity index (χ0) is 61.8. The predicted octanol–water partition coefficient (Wildman–Crippen LogP) is 11.7. The number of piperidine rings is 2. The quantitative estimate of drug-likeness (QED) is 0.0388. The number of aryl methyl sites for hydroxylation is 1. The van der Waals surface area contributed by atoms with Crippen LogP contribution < -0.4 is 15.0 Å². The number of likely N-dealkylation sites (tertiary alicyclic amines) is 2. The van der Waals surface area contributed by atoms with E-state index >= 15 is 0 Å². The number of esters is 2. The summed E-state index contributed by atoms with van der Waals surface area (Å²) in [5.41, 5.74) is 8.30. The van der Waals surface area contributed by atoms with Gasteiger partial charge in [-0.3, -0.25) is 39.3 Å². The number of carbonyl (C=O) groups excluding carboxylic acids is 3. The second-order valence-corrected chi connectivity index (χ2v) is 24.2. The first-order valence-corrected chi connectivity index (χ1v) is 32.2. The van der Waals surface area contributed by atoms with Gasteiger partial charge in [0.1, 0.15) is 18.1 Å². The Balaban J connectivity index is 0.695. The summed E-state index contributed by atoms with van der Waals surface area (Å²) in [6.07, 6.45) is 16.2. The number of benzene rings is 2. The average molecular weight is 1210 g/mol. The Morgan fingerprint density at radius 2 is 1.24 bits per heavy atom. The highest BCUT2D eigenvalue weighted by Gasteiger charge is 2.50. The molecule has 90 heavy (non-hydrogen) atoms. The summed E-state index contributed by atoms with van der Waals surface area (Å²) < 4.78 is 26.2. The molecule has 0 unspecified atom stereocenters. The first-order valence-electron chi connectivity index (χ1n) is 32.2. The third-order valence-electron chi connectivity index (χ3n) is 18.1. The molecule has 0 spiro atoms. The average Bonchev–Trinajstić information content (AvgIpc) is 1.47. The summed E-state index contributed by atoms with van der Waals surface area (Å²) in [4.78, 5) is 88.8. The maximum atomic E-state index is 14.6. The topological polar surface area (TPSA) is 188 Å². The van der Waals surface area contributed by atoms with Gasteiger partial charge in [-0.1, -0.05) is 63.4 Å². The summed E-state index contributed by atoms with van der Waals surface area (Å²) in [5.74, 6) is -0.0263. The van der Waals surface area contributed by atoms with Crippen LogP contribution >= 0.6 is 0 Å². The summed E-state index contributed by atoms with van der Waals surface area (Å²) >= 11 is 0. The van der Waals surface area contributed by atoms with E-state index < -0.39 is 17.5 Å². The summed E-state index contributed by atoms with van der Waals surface area (Å²) in [7, 11) is 0. The highest BCUT2D eigenvalue weighted by Crippen LogP contribution is 2.43. The van der Waals surface area contributed by atoms with Gasteiger partial charge in [0, 0.05) is 106 Å². The molecule has 0 N–H and O–H groups in total. The Morgan fingerprint density at radius 1 is 0.644 bits per heavy atom. The molecule has 4 aliphatic rings. The Hall–Kier alpha value is -8.71. The number of rotatable bonds is 25. The molecule has 0 saturated carbocycles. The van der Waals surface area contributed by atoms with Crippen molar-refractivity contribution in [1.29, 1.82) is 0 Å². The number of amides is 1. The second-order valence-electron chi connectivity index (χ2n) is 24.2. The van der Waals surface area contributed by atoms with Crippen molar-refractivity contribution in [2.24, 2.45) is 0 Å². The van der Waals surface area contributed by atoms with Gasteiger partial charge in [0.2, 0.25) is 5.60 Å². The molecule has 12 rings (SSSR count). The Morgan fingerprint density at radius 3 is 1.81 bits per heavy atom. The zero-order valence-corrected chi connectivity index (χ0v) is 51.8. The summed E-state index contributed by atoms with van der Waals surface area (Å²) in [6, 6.07) is 38.3. The van der Waals surface area contributed by atoms with Gasteiger partial charge in [0.15, 0.2) is 0 Å². The van der Waals surface area contributed by atoms with Crippen molar-refractivity contribution in [3.05, 3.63) is 207 Å². The van der Waals surface area contributed by atoms with Crippen LogP contribution in [-0.4, -0.2) is 106 Å². The molecule has 0 bridgehead atoms. The molecule has 466 valence electrons. The minimum atomic E-state index is -1.81. The molecule has 18 nitrogen and oxygen atoms in total. The lowest BCUT2D eigenvalue weighted by atomic mass is 9.85. The number of aromatic nitrogens is 6. The summed E-state index contributed by atoms with van der Waals surface area (Å²) in [5, 5.41) is 0.847. The van der Waals surface area contributed by atoms with Crippen molar-refractivity contribution < 1.29 is 33.3 Å². The van der Waals surface area contributed by atoms with Gasteiger partial charge >= 0.3 is 18.0 Å². The van der Waals surface area contributed by atoms with Gasteiger partial charge in [-0.15, -0.1) is 0 Å². The molecule has 2 aromatic carbocycles. The van der Waals surface area contributed by atoms with Crippen LogP contribution in [-0.2, 0) is 83.5 Å². The number of unbranched alkanes of at least 4 members (excludes halogenated alkanes) is 3. The van der Waals surface area contributed by atoms with Crippen LogP contribution in [0, 0.1) is 0 Å². The standard InChI is InChI=1S/C72H80N10O8/c1-3-60-61-41-58(89-71(86)81-35-27-57(28-36-81)80-33-17-7-18-34-80)25-26-65(61)77-68-62(60)49-82-66(68)42-64-63(69(82)84)50-88-70(85)72(64,4-2)90-67(83)24-8-5-6-19-37-87-59-39-51(43-78(45-53-20-9-13-29-73-53)46-54-21-10-14-30-74-54)38-52(40-59)44-79(47-55-22-11-15-31-75-55)48-56-23-12-16-32-76-56/h9-16,20-23,25-26,29-32,38-42,57H,3-8,17-19,24,27-28,33-37,43-50H2,1-2H3/t72-/m1/s1. The maximum absolute atomic E-state index is 14.6. The van der Waals surface area contributed by atoms with Crippen LogP contribution in [0.3, 0.4) is 0 Å². The van der Waals surface area contributed by atoms with Gasteiger partial charge in [-0.25, -0.2) is 14.6 Å². The molecular weight excluding hydrogens is 1130 g/mol. The third kappa shape index (κ3) is 14.5. The van der Waals surface area contributed by atoms with Crippen molar-refractivity contribution in [1.82, 2.24) is 49.1 Å². The van der Waals surface area contributed by atoms with Crippen LogP contribution in [0.15, 0.2) is 145 Å². The number of carbonyl (C=O) groups is 3. The second kappa shape index (κ2) is 28.8. The molecular formula is C72H80N10O8. The fourth-order valence-electron chi connectivity index (χ4n) is 13.5. The molecule has 1 amide bonds. The fourth-order valence-corrected chi connectivity index (χ4v) is 13.5. The Labute approximate surface area is 526 Å². The molecule has 8 aromatic rings. The van der Waals surface area contributed by atoms with Crippen LogP contribution in [0.5, 0.6) is 11.5 Å². The largest absolute Gasteiger partial charge is 0.494 e. The van der Waals surface area contributed by atoms with Gasteiger partial charge < -0.3 is 33.3 Å². The smallest absolute Gasteiger partial charge is 0.415 e. The molecule has 1 atom stereocenters. The zero-order valence-electron chi connectivity index (χ0n) is 51.8. The normalized spacial score (nSPS) is 16.6. The Bertz CT molecular complexity index is 3650. The van der Waals surface area contributed by atoms with E-state index in [-0.39, 0.29) is 43.2 Å². The monoisotopic (exact) mass is 1210 g/mol. The van der Waals surface area contributed by atoms with Crippen molar-refractivity contribution >= 4 is 28.9 Å². The SMILES string of the molecule is CCc1c2c(nc3ccc(OC(=O)N4CCC(N5CCCCC5)CC4)cc13)-c1cc3c(c(=O)n1C2)COC(=O)[C@]3(CC)OC(=O)CCCCCCOc1cc(CN(Cc2ccccn2)Cc2ccccn2)cc(CN(Cc2ccccn2)Cc2ccccn2)c1. The van der Waals surface area contributed by atoms with E-state index in [0.29, 0.717) is 106 Å². The first kappa shape index (κ1) is 61.5. The van der Waals surface area contributed by atoms with Crippen molar-refractivity contribution in [2.45, 2.75) is 155 Å². The molecule has 6 aromatic heterocycles. The van der Waals surface area contributed by atoms with E-state index in [1.54, 1.807) is 17.6 Å². The molecule has 18 heteroatoms. The van der Waals surface area contributed by atoms with Crippen LogP contribution in [0.25, 0.3) is 22.3 Å². The van der Waals surface area contributed by atoms with Crippen molar-refractivity contribution in [3.63, 3.8) is 0 Å². The van der Waals surface area contributed by atoms with Crippen molar-refractivity contribution in [2.75, 3.05) is 32.8 Å². The van der Waals surface area contributed by atoms with Gasteiger partial charge in [0.05, 0.1) is 58.4 Å². The first-order chi connectivity index (χ1) is 44.1. The number of fused-ring (bicyclic) bond motifs is 5. The maximum Gasteiger partial charge on any atom is 0.415 e.